The first-order valence-electron chi connectivity index (χ1n) is 11.9. The van der Waals surface area contributed by atoms with Crippen LogP contribution in [0.2, 0.25) is 0 Å². The topological polar surface area (TPSA) is 79.2 Å². The predicted molar refractivity (Wildman–Crippen MR) is 125 cm³/mol. The number of nitrogens with zero attached hydrogens (tertiary/aromatic N) is 1. The number of aliphatic hydroxyl groups is 2. The van der Waals surface area contributed by atoms with Crippen LogP contribution in [0.15, 0.2) is 18.2 Å². The van der Waals surface area contributed by atoms with Crippen LogP contribution in [-0.4, -0.2) is 60.0 Å². The van der Waals surface area contributed by atoms with Gasteiger partial charge in [0.1, 0.15) is 6.61 Å². The quantitative estimate of drug-likeness (QED) is 0.690. The van der Waals surface area contributed by atoms with Crippen molar-refractivity contribution in [3.05, 3.63) is 23.8 Å². The van der Waals surface area contributed by atoms with Crippen molar-refractivity contribution in [1.82, 2.24) is 4.90 Å². The van der Waals surface area contributed by atoms with Crippen molar-refractivity contribution in [2.75, 3.05) is 26.8 Å². The largest absolute Gasteiger partial charge is 0.493 e. The molecule has 6 nitrogen and oxygen atoms in total. The molecule has 180 valence electrons. The third kappa shape index (κ3) is 5.07. The number of carbonyl (C=O) groups excluding carboxylic acids is 1. The first kappa shape index (κ1) is 24.8. The lowest BCUT2D eigenvalue weighted by atomic mass is 9.72. The molecular formula is C26H41NO5. The van der Waals surface area contributed by atoms with E-state index in [1.54, 1.807) is 18.9 Å². The second-order valence-electron chi connectivity index (χ2n) is 11.0. The Labute approximate surface area is 192 Å². The van der Waals surface area contributed by atoms with Crippen molar-refractivity contribution < 1.29 is 24.5 Å². The fraction of sp³-hybridized carbons (Fsp3) is 0.731. The number of aliphatic hydroxyl groups excluding tert-OH is 2. The highest BCUT2D eigenvalue weighted by Gasteiger charge is 2.48. The van der Waals surface area contributed by atoms with E-state index in [4.69, 9.17) is 9.47 Å². The number of amides is 1. The summed E-state index contributed by atoms with van der Waals surface area (Å²) in [5, 5.41) is 19.9. The van der Waals surface area contributed by atoms with Gasteiger partial charge in [-0.25, -0.2) is 0 Å². The van der Waals surface area contributed by atoms with E-state index in [2.05, 4.69) is 20.8 Å². The van der Waals surface area contributed by atoms with Crippen LogP contribution < -0.4 is 9.47 Å². The Hall–Kier alpha value is -1.79. The molecule has 3 unspecified atom stereocenters. The number of hydrogen-bond acceptors (Lipinski definition) is 5. The molecule has 0 spiro atoms. The zero-order valence-electron chi connectivity index (χ0n) is 20.6. The van der Waals surface area contributed by atoms with E-state index in [1.807, 2.05) is 25.1 Å². The molecule has 1 saturated heterocycles. The van der Waals surface area contributed by atoms with Crippen LogP contribution in [0.25, 0.3) is 0 Å². The fourth-order valence-electron chi connectivity index (χ4n) is 5.44. The molecule has 0 bridgehead atoms. The van der Waals surface area contributed by atoms with Gasteiger partial charge in [0.15, 0.2) is 11.5 Å². The summed E-state index contributed by atoms with van der Waals surface area (Å²) in [7, 11) is 1.65. The Kier molecular flexibility index (Phi) is 7.45. The van der Waals surface area contributed by atoms with Gasteiger partial charge < -0.3 is 24.6 Å². The average molecular weight is 448 g/mol. The zero-order valence-corrected chi connectivity index (χ0v) is 20.6. The van der Waals surface area contributed by atoms with Crippen molar-refractivity contribution in [2.45, 2.75) is 78.4 Å². The van der Waals surface area contributed by atoms with Crippen molar-refractivity contribution in [2.24, 2.45) is 16.7 Å². The van der Waals surface area contributed by atoms with E-state index in [-0.39, 0.29) is 17.9 Å². The van der Waals surface area contributed by atoms with Crippen molar-refractivity contribution in [1.29, 1.82) is 0 Å². The Morgan fingerprint density at radius 1 is 1.22 bits per heavy atom. The second-order valence-corrected chi connectivity index (χ2v) is 11.0. The van der Waals surface area contributed by atoms with Gasteiger partial charge in [-0.3, -0.25) is 4.79 Å². The number of benzene rings is 1. The maximum absolute atomic E-state index is 12.2. The van der Waals surface area contributed by atoms with Gasteiger partial charge in [0, 0.05) is 24.4 Å². The molecule has 1 aliphatic heterocycles. The number of carbonyl (C=O) groups is 1. The molecule has 1 aromatic rings. The zero-order chi connectivity index (χ0) is 23.7. The van der Waals surface area contributed by atoms with Gasteiger partial charge in [-0.05, 0) is 61.6 Å². The summed E-state index contributed by atoms with van der Waals surface area (Å²) in [6.45, 7) is 11.1. The van der Waals surface area contributed by atoms with E-state index in [9.17, 15) is 15.0 Å². The van der Waals surface area contributed by atoms with Crippen LogP contribution >= 0.6 is 0 Å². The molecule has 1 heterocycles. The van der Waals surface area contributed by atoms with Crippen LogP contribution in [0.5, 0.6) is 11.5 Å². The number of rotatable bonds is 6. The summed E-state index contributed by atoms with van der Waals surface area (Å²) < 4.78 is 12.0. The van der Waals surface area contributed by atoms with E-state index < -0.39 is 18.1 Å². The average Bonchev–Trinajstić information content (AvgIpc) is 3.12. The molecular weight excluding hydrogens is 406 g/mol. The number of hydrogen-bond donors (Lipinski definition) is 2. The number of ether oxygens (including phenoxy) is 2. The molecule has 1 saturated carbocycles. The molecule has 1 aromatic carbocycles. The molecule has 1 aliphatic carbocycles. The monoisotopic (exact) mass is 447 g/mol. The summed E-state index contributed by atoms with van der Waals surface area (Å²) in [6.07, 6.45) is 3.94. The minimum atomic E-state index is -0.608. The van der Waals surface area contributed by atoms with Gasteiger partial charge in [0.05, 0.1) is 19.3 Å². The van der Waals surface area contributed by atoms with E-state index in [0.29, 0.717) is 24.3 Å². The van der Waals surface area contributed by atoms with Crippen molar-refractivity contribution >= 4 is 5.91 Å². The smallest absolute Gasteiger partial charge is 0.248 e. The first-order chi connectivity index (χ1) is 15.0. The molecule has 32 heavy (non-hydrogen) atoms. The Morgan fingerprint density at radius 3 is 2.41 bits per heavy atom. The van der Waals surface area contributed by atoms with E-state index in [1.165, 1.54) is 0 Å². The summed E-state index contributed by atoms with van der Waals surface area (Å²) in [4.78, 5) is 13.8. The lowest BCUT2D eigenvalue weighted by molar-refractivity contribution is -0.133. The number of likely N-dealkylation sites (tertiary alicyclic amines) is 1. The second kappa shape index (κ2) is 9.60. The highest BCUT2D eigenvalue weighted by atomic mass is 16.5. The Balaban J connectivity index is 1.82. The molecule has 0 aromatic heterocycles. The molecule has 6 heteroatoms. The SMILES string of the molecule is COc1ccc(C2CN(C(=O)CO)CC2(C)C(C)O)cc1OC1CCC(C(C)(C)C)CC1. The minimum Gasteiger partial charge on any atom is -0.493 e. The van der Waals surface area contributed by atoms with Crippen LogP contribution in [0, 0.1) is 16.7 Å². The number of methoxy groups -OCH3 is 1. The van der Waals surface area contributed by atoms with Crippen LogP contribution in [0.3, 0.4) is 0 Å². The van der Waals surface area contributed by atoms with Crippen molar-refractivity contribution in [3.8, 4) is 11.5 Å². The third-order valence-corrected chi connectivity index (χ3v) is 7.96. The van der Waals surface area contributed by atoms with Gasteiger partial charge in [-0.2, -0.15) is 0 Å². The molecule has 3 rings (SSSR count). The minimum absolute atomic E-state index is 0.0668. The van der Waals surface area contributed by atoms with E-state index >= 15 is 0 Å². The molecule has 0 radical (unpaired) electrons. The maximum Gasteiger partial charge on any atom is 0.248 e. The molecule has 2 aliphatic rings. The summed E-state index contributed by atoms with van der Waals surface area (Å²) in [6, 6.07) is 5.94. The molecule has 1 amide bonds. The Bertz CT molecular complexity index is 794. The summed E-state index contributed by atoms with van der Waals surface area (Å²) in [5.41, 5.74) is 0.830. The first-order valence-corrected chi connectivity index (χ1v) is 11.9. The van der Waals surface area contributed by atoms with Crippen LogP contribution in [0.4, 0.5) is 0 Å². The van der Waals surface area contributed by atoms with Gasteiger partial charge in [0.25, 0.3) is 0 Å². The van der Waals surface area contributed by atoms with Crippen LogP contribution in [-0.2, 0) is 4.79 Å². The Morgan fingerprint density at radius 2 is 1.88 bits per heavy atom. The van der Waals surface area contributed by atoms with Crippen LogP contribution in [0.1, 0.15) is 71.8 Å². The normalized spacial score (nSPS) is 29.6. The highest BCUT2D eigenvalue weighted by Crippen LogP contribution is 2.47. The predicted octanol–water partition coefficient (Wildman–Crippen LogP) is 3.98. The lowest BCUT2D eigenvalue weighted by Gasteiger charge is -2.37. The third-order valence-electron chi connectivity index (χ3n) is 7.96. The van der Waals surface area contributed by atoms with Gasteiger partial charge in [-0.1, -0.05) is 33.8 Å². The van der Waals surface area contributed by atoms with Crippen molar-refractivity contribution in [3.63, 3.8) is 0 Å². The lowest BCUT2D eigenvalue weighted by Crippen LogP contribution is -2.38. The summed E-state index contributed by atoms with van der Waals surface area (Å²) in [5.74, 6) is 1.77. The fourth-order valence-corrected chi connectivity index (χ4v) is 5.44. The maximum atomic E-state index is 12.2. The highest BCUT2D eigenvalue weighted by molar-refractivity contribution is 5.77. The van der Waals surface area contributed by atoms with Gasteiger partial charge in [0.2, 0.25) is 5.91 Å². The molecule has 2 N–H and O–H groups in total. The molecule has 2 fully saturated rings. The van der Waals surface area contributed by atoms with Gasteiger partial charge in [-0.15, -0.1) is 0 Å². The van der Waals surface area contributed by atoms with Gasteiger partial charge >= 0.3 is 0 Å². The standard InChI is InChI=1S/C26H41NO5/c1-17(29)26(5)16-27(24(30)15-28)14-21(26)18-7-12-22(31-6)23(13-18)32-20-10-8-19(9-11-20)25(2,3)4/h7,12-13,17,19-21,28-29H,8-11,14-16H2,1-6H3. The summed E-state index contributed by atoms with van der Waals surface area (Å²) >= 11 is 0. The molecule has 3 atom stereocenters. The van der Waals surface area contributed by atoms with E-state index in [0.717, 1.165) is 42.9 Å².